The van der Waals surface area contributed by atoms with E-state index in [0.717, 1.165) is 37.7 Å². The van der Waals surface area contributed by atoms with Crippen LogP contribution in [0.5, 0.6) is 0 Å². The van der Waals surface area contributed by atoms with Crippen LogP contribution >= 0.6 is 0 Å². The van der Waals surface area contributed by atoms with Gasteiger partial charge in [-0.1, -0.05) is 42.8 Å². The molecule has 1 saturated heterocycles. The summed E-state index contributed by atoms with van der Waals surface area (Å²) in [4.78, 5) is 13.1. The fraction of sp³-hybridized carbons (Fsp3) is 0.435. The molecule has 0 unspecified atom stereocenters. The van der Waals surface area contributed by atoms with Crippen molar-refractivity contribution >= 4 is 15.9 Å². The van der Waals surface area contributed by atoms with Crippen LogP contribution in [0.4, 0.5) is 0 Å². The zero-order chi connectivity index (χ0) is 20.5. The van der Waals surface area contributed by atoms with E-state index < -0.39 is 10.0 Å². The van der Waals surface area contributed by atoms with Crippen molar-refractivity contribution in [2.24, 2.45) is 0 Å². The molecule has 0 spiro atoms. The Bertz CT molecular complexity index is 992. The van der Waals surface area contributed by atoms with Gasteiger partial charge in [0.2, 0.25) is 10.0 Å². The molecular weight excluding hydrogens is 384 g/mol. The molecule has 0 radical (unpaired) electrons. The summed E-state index contributed by atoms with van der Waals surface area (Å²) in [5, 5.41) is 3.05. The molecule has 1 aliphatic carbocycles. The third-order valence-corrected chi connectivity index (χ3v) is 8.13. The molecule has 2 fully saturated rings. The molecule has 4 rings (SSSR count). The lowest BCUT2D eigenvalue weighted by Gasteiger charge is -2.26. The molecule has 1 N–H and O–H groups in total. The standard InChI is InChI=1S/C23H28N2O3S/c1-18-10-11-20(29(27,28)25-14-6-3-7-15-25)16-21(18)22(26)24-17-23(12-13-23)19-8-4-2-5-9-19/h2,4-5,8-11,16H,3,6-7,12-15,17H2,1H3,(H,24,26). The molecule has 29 heavy (non-hydrogen) atoms. The van der Waals surface area contributed by atoms with Crippen molar-refractivity contribution in [3.63, 3.8) is 0 Å². The second kappa shape index (κ2) is 7.92. The van der Waals surface area contributed by atoms with Gasteiger partial charge in [-0.3, -0.25) is 4.79 Å². The van der Waals surface area contributed by atoms with Crippen molar-refractivity contribution in [3.8, 4) is 0 Å². The van der Waals surface area contributed by atoms with E-state index in [1.165, 1.54) is 15.9 Å². The van der Waals surface area contributed by atoms with Crippen LogP contribution in [-0.2, 0) is 15.4 Å². The zero-order valence-corrected chi connectivity index (χ0v) is 17.7. The van der Waals surface area contributed by atoms with Gasteiger partial charge in [-0.15, -0.1) is 0 Å². The Morgan fingerprint density at radius 1 is 1.03 bits per heavy atom. The first kappa shape index (κ1) is 20.1. The van der Waals surface area contributed by atoms with Crippen LogP contribution in [-0.4, -0.2) is 38.3 Å². The minimum Gasteiger partial charge on any atom is -0.351 e. The van der Waals surface area contributed by atoms with Gasteiger partial charge >= 0.3 is 0 Å². The summed E-state index contributed by atoms with van der Waals surface area (Å²) in [6.45, 7) is 3.52. The molecule has 5 nitrogen and oxygen atoms in total. The smallest absolute Gasteiger partial charge is 0.251 e. The number of benzene rings is 2. The van der Waals surface area contributed by atoms with Gasteiger partial charge in [-0.05, 0) is 55.9 Å². The van der Waals surface area contributed by atoms with E-state index in [1.54, 1.807) is 12.1 Å². The van der Waals surface area contributed by atoms with E-state index in [2.05, 4.69) is 17.4 Å². The number of rotatable bonds is 6. The zero-order valence-electron chi connectivity index (χ0n) is 16.9. The maximum Gasteiger partial charge on any atom is 0.251 e. The Labute approximate surface area is 173 Å². The van der Waals surface area contributed by atoms with Crippen LogP contribution < -0.4 is 5.32 Å². The number of hydrogen-bond donors (Lipinski definition) is 1. The maximum atomic E-state index is 13.0. The van der Waals surface area contributed by atoms with Crippen molar-refractivity contribution < 1.29 is 13.2 Å². The highest BCUT2D eigenvalue weighted by molar-refractivity contribution is 7.89. The van der Waals surface area contributed by atoms with Crippen molar-refractivity contribution in [1.29, 1.82) is 0 Å². The highest BCUT2D eigenvalue weighted by atomic mass is 32.2. The van der Waals surface area contributed by atoms with Gasteiger partial charge in [-0.2, -0.15) is 4.31 Å². The van der Waals surface area contributed by atoms with Gasteiger partial charge in [0.05, 0.1) is 4.90 Å². The summed E-state index contributed by atoms with van der Waals surface area (Å²) in [7, 11) is -3.56. The number of piperidine rings is 1. The predicted octanol–water partition coefficient (Wildman–Crippen LogP) is 3.63. The molecular formula is C23H28N2O3S. The lowest BCUT2D eigenvalue weighted by atomic mass is 9.96. The number of carbonyl (C=O) groups is 1. The normalized spacial score (nSPS) is 18.9. The summed E-state index contributed by atoms with van der Waals surface area (Å²) in [6.07, 6.45) is 4.95. The molecule has 0 atom stereocenters. The first-order valence-corrected chi connectivity index (χ1v) is 11.8. The average molecular weight is 413 g/mol. The lowest BCUT2D eigenvalue weighted by molar-refractivity contribution is 0.0949. The van der Waals surface area contributed by atoms with Crippen LogP contribution in [0.3, 0.4) is 0 Å². The monoisotopic (exact) mass is 412 g/mol. The molecule has 0 bridgehead atoms. The largest absolute Gasteiger partial charge is 0.351 e. The van der Waals surface area contributed by atoms with Crippen LogP contribution in [0.2, 0.25) is 0 Å². The Kier molecular flexibility index (Phi) is 5.49. The number of hydrogen-bond acceptors (Lipinski definition) is 3. The van der Waals surface area contributed by atoms with Gasteiger partial charge in [0.25, 0.3) is 5.91 Å². The van der Waals surface area contributed by atoms with Gasteiger partial charge in [0.1, 0.15) is 0 Å². The molecule has 0 aromatic heterocycles. The fourth-order valence-corrected chi connectivity index (χ4v) is 5.66. The van der Waals surface area contributed by atoms with Gasteiger partial charge in [0, 0.05) is 30.6 Å². The summed E-state index contributed by atoms with van der Waals surface area (Å²) in [5.41, 5.74) is 2.48. The number of nitrogens with zero attached hydrogens (tertiary/aromatic N) is 1. The summed E-state index contributed by atoms with van der Waals surface area (Å²) < 4.78 is 27.5. The summed E-state index contributed by atoms with van der Waals surface area (Å²) >= 11 is 0. The van der Waals surface area contributed by atoms with E-state index in [0.29, 0.717) is 25.2 Å². The topological polar surface area (TPSA) is 66.5 Å². The summed E-state index contributed by atoms with van der Waals surface area (Å²) in [6, 6.07) is 15.1. The Morgan fingerprint density at radius 2 is 1.72 bits per heavy atom. The van der Waals surface area contributed by atoms with Gasteiger partial charge < -0.3 is 5.32 Å². The summed E-state index contributed by atoms with van der Waals surface area (Å²) in [5.74, 6) is -0.208. The Balaban J connectivity index is 1.51. The number of amides is 1. The van der Waals surface area contributed by atoms with Crippen LogP contribution in [0.1, 0.15) is 53.6 Å². The Hall–Kier alpha value is -2.18. The second-order valence-corrected chi connectivity index (χ2v) is 10.2. The molecule has 1 amide bonds. The minimum atomic E-state index is -3.56. The fourth-order valence-electron chi connectivity index (χ4n) is 4.12. The molecule has 2 aromatic rings. The molecule has 154 valence electrons. The van der Waals surface area contributed by atoms with E-state index in [-0.39, 0.29) is 16.2 Å². The second-order valence-electron chi connectivity index (χ2n) is 8.27. The van der Waals surface area contributed by atoms with Crippen molar-refractivity contribution in [2.45, 2.75) is 49.3 Å². The minimum absolute atomic E-state index is 0.0162. The van der Waals surface area contributed by atoms with E-state index in [4.69, 9.17) is 0 Å². The molecule has 1 heterocycles. The predicted molar refractivity (Wildman–Crippen MR) is 113 cm³/mol. The third kappa shape index (κ3) is 4.09. The average Bonchev–Trinajstić information content (AvgIpc) is 3.55. The number of nitrogens with one attached hydrogen (secondary N) is 1. The highest BCUT2D eigenvalue weighted by Gasteiger charge is 2.44. The van der Waals surface area contributed by atoms with Crippen molar-refractivity contribution in [2.75, 3.05) is 19.6 Å². The first-order chi connectivity index (χ1) is 13.9. The Morgan fingerprint density at radius 3 is 2.38 bits per heavy atom. The van der Waals surface area contributed by atoms with Crippen molar-refractivity contribution in [1.82, 2.24) is 9.62 Å². The number of aryl methyl sites for hydroxylation is 1. The van der Waals surface area contributed by atoms with E-state index in [9.17, 15) is 13.2 Å². The number of carbonyl (C=O) groups excluding carboxylic acids is 1. The van der Waals surface area contributed by atoms with E-state index in [1.807, 2.05) is 25.1 Å². The van der Waals surface area contributed by atoms with Gasteiger partial charge in [-0.25, -0.2) is 8.42 Å². The van der Waals surface area contributed by atoms with Crippen molar-refractivity contribution in [3.05, 3.63) is 65.2 Å². The van der Waals surface area contributed by atoms with Crippen LogP contribution in [0, 0.1) is 6.92 Å². The molecule has 2 aliphatic rings. The third-order valence-electron chi connectivity index (χ3n) is 6.23. The molecule has 6 heteroatoms. The quantitative estimate of drug-likeness (QED) is 0.788. The van der Waals surface area contributed by atoms with E-state index >= 15 is 0 Å². The van der Waals surface area contributed by atoms with Crippen LogP contribution in [0.25, 0.3) is 0 Å². The molecule has 1 aliphatic heterocycles. The molecule has 2 aromatic carbocycles. The SMILES string of the molecule is Cc1ccc(S(=O)(=O)N2CCCCC2)cc1C(=O)NCC1(c2ccccc2)CC1. The first-order valence-electron chi connectivity index (χ1n) is 10.4. The van der Waals surface area contributed by atoms with Gasteiger partial charge in [0.15, 0.2) is 0 Å². The lowest BCUT2D eigenvalue weighted by Crippen LogP contribution is -2.36. The highest BCUT2D eigenvalue weighted by Crippen LogP contribution is 2.47. The molecule has 1 saturated carbocycles. The van der Waals surface area contributed by atoms with Crippen LogP contribution in [0.15, 0.2) is 53.4 Å². The maximum absolute atomic E-state index is 13.0. The number of sulfonamides is 1.